The van der Waals surface area contributed by atoms with Crippen LogP contribution in [0.3, 0.4) is 0 Å². The summed E-state index contributed by atoms with van der Waals surface area (Å²) in [6.45, 7) is 1.13. The summed E-state index contributed by atoms with van der Waals surface area (Å²) in [6.07, 6.45) is 4.92. The van der Waals surface area contributed by atoms with Crippen LogP contribution < -0.4 is 5.32 Å². The minimum atomic E-state index is 0. The predicted molar refractivity (Wildman–Crippen MR) is 87.4 cm³/mol. The largest absolute Gasteiger partial charge is 0.307 e. The average molecular weight is 288 g/mol. The zero-order valence-corrected chi connectivity index (χ0v) is 12.5. The van der Waals surface area contributed by atoms with Crippen molar-refractivity contribution in [2.75, 3.05) is 6.54 Å². The van der Waals surface area contributed by atoms with E-state index in [-0.39, 0.29) is 17.9 Å². The smallest absolute Gasteiger partial charge is 0.0475 e. The number of nitrogens with one attached hydrogen (secondary N) is 1. The Kier molecular flexibility index (Phi) is 5.22. The fourth-order valence-electron chi connectivity index (χ4n) is 3.17. The van der Waals surface area contributed by atoms with E-state index < -0.39 is 0 Å². The molecule has 0 amide bonds. The van der Waals surface area contributed by atoms with E-state index in [9.17, 15) is 0 Å². The molecule has 1 aliphatic heterocycles. The van der Waals surface area contributed by atoms with Crippen LogP contribution in [0.25, 0.3) is 0 Å². The van der Waals surface area contributed by atoms with Crippen LogP contribution in [-0.2, 0) is 12.0 Å². The molecule has 1 nitrogen and oxygen atoms in total. The summed E-state index contributed by atoms with van der Waals surface area (Å²) in [5.74, 6) is 0. The van der Waals surface area contributed by atoms with Crippen molar-refractivity contribution < 1.29 is 0 Å². The molecule has 0 radical (unpaired) electrons. The maximum absolute atomic E-state index is 3.80. The van der Waals surface area contributed by atoms with E-state index in [2.05, 4.69) is 66.0 Å². The van der Waals surface area contributed by atoms with Gasteiger partial charge in [0.15, 0.2) is 0 Å². The molecule has 3 rings (SSSR count). The zero-order valence-electron chi connectivity index (χ0n) is 11.7. The molecule has 2 aromatic rings. The molecule has 0 saturated carbocycles. The highest BCUT2D eigenvalue weighted by Crippen LogP contribution is 2.33. The van der Waals surface area contributed by atoms with Crippen molar-refractivity contribution in [2.45, 2.75) is 31.2 Å². The van der Waals surface area contributed by atoms with Crippen LogP contribution in [-0.4, -0.2) is 6.54 Å². The lowest BCUT2D eigenvalue weighted by atomic mass is 9.78. The van der Waals surface area contributed by atoms with E-state index in [0.717, 1.165) is 13.0 Å². The topological polar surface area (TPSA) is 12.0 Å². The first-order chi connectivity index (χ1) is 9.39. The monoisotopic (exact) mass is 287 g/mol. The van der Waals surface area contributed by atoms with Crippen molar-refractivity contribution in [2.24, 2.45) is 0 Å². The third kappa shape index (κ3) is 3.23. The molecule has 2 aromatic carbocycles. The Morgan fingerprint density at radius 2 is 1.50 bits per heavy atom. The molecule has 0 aliphatic carbocycles. The first-order valence-electron chi connectivity index (χ1n) is 7.24. The Bertz CT molecular complexity index is 503. The van der Waals surface area contributed by atoms with Crippen molar-refractivity contribution in [1.29, 1.82) is 0 Å². The van der Waals surface area contributed by atoms with Crippen molar-refractivity contribution in [3.63, 3.8) is 0 Å². The van der Waals surface area contributed by atoms with E-state index in [0.29, 0.717) is 0 Å². The van der Waals surface area contributed by atoms with Gasteiger partial charge in [-0.05, 0) is 43.4 Å². The van der Waals surface area contributed by atoms with Gasteiger partial charge in [-0.3, -0.25) is 0 Å². The Hall–Kier alpha value is -1.31. The van der Waals surface area contributed by atoms with E-state index in [1.807, 2.05) is 0 Å². The summed E-state index contributed by atoms with van der Waals surface area (Å²) in [5, 5.41) is 3.80. The van der Waals surface area contributed by atoms with E-state index in [4.69, 9.17) is 0 Å². The Labute approximate surface area is 127 Å². The molecule has 1 fully saturated rings. The second-order valence-corrected chi connectivity index (χ2v) is 5.49. The van der Waals surface area contributed by atoms with Gasteiger partial charge < -0.3 is 5.32 Å². The Balaban J connectivity index is 0.00000147. The van der Waals surface area contributed by atoms with Crippen LogP contribution in [0.1, 0.15) is 30.4 Å². The normalized spacial score (nSPS) is 22.0. The van der Waals surface area contributed by atoms with Gasteiger partial charge >= 0.3 is 0 Å². The van der Waals surface area contributed by atoms with Crippen LogP contribution in [0, 0.1) is 0 Å². The molecule has 0 bridgehead atoms. The molecular weight excluding hydrogens is 266 g/mol. The van der Waals surface area contributed by atoms with Gasteiger partial charge in [0.05, 0.1) is 0 Å². The van der Waals surface area contributed by atoms with Gasteiger partial charge in [-0.2, -0.15) is 0 Å². The standard InChI is InChI=1S/C18H21N.ClH/c1-3-9-16(10-4-1)15-18(13-7-8-14-19-18)17-11-5-2-6-12-17;/h1-6,9-12,19H,7-8,13-15H2;1H. The highest BCUT2D eigenvalue weighted by molar-refractivity contribution is 5.85. The van der Waals surface area contributed by atoms with Gasteiger partial charge in [-0.1, -0.05) is 60.7 Å². The molecule has 1 unspecified atom stereocenters. The van der Waals surface area contributed by atoms with Crippen LogP contribution >= 0.6 is 12.4 Å². The van der Waals surface area contributed by atoms with Gasteiger partial charge in [0.25, 0.3) is 0 Å². The Morgan fingerprint density at radius 3 is 2.10 bits per heavy atom. The first kappa shape index (κ1) is 15.1. The van der Waals surface area contributed by atoms with E-state index in [1.165, 1.54) is 30.4 Å². The number of hydrogen-bond acceptors (Lipinski definition) is 1. The molecule has 0 aromatic heterocycles. The van der Waals surface area contributed by atoms with Crippen molar-refractivity contribution in [3.05, 3.63) is 71.8 Å². The number of benzene rings is 2. The average Bonchev–Trinajstić information content (AvgIpc) is 2.50. The highest BCUT2D eigenvalue weighted by atomic mass is 35.5. The molecule has 0 spiro atoms. The number of piperidine rings is 1. The lowest BCUT2D eigenvalue weighted by Crippen LogP contribution is -2.47. The first-order valence-corrected chi connectivity index (χ1v) is 7.24. The van der Waals surface area contributed by atoms with E-state index in [1.54, 1.807) is 0 Å². The SMILES string of the molecule is Cl.c1ccc(CC2(c3ccccc3)CCCCN2)cc1. The van der Waals surface area contributed by atoms with Crippen LogP contribution in [0.4, 0.5) is 0 Å². The number of rotatable bonds is 3. The van der Waals surface area contributed by atoms with Gasteiger partial charge in [0, 0.05) is 5.54 Å². The second kappa shape index (κ2) is 6.92. The number of hydrogen-bond donors (Lipinski definition) is 1. The zero-order chi connectivity index (χ0) is 13.0. The fraction of sp³-hybridized carbons (Fsp3) is 0.333. The molecule has 1 heterocycles. The summed E-state index contributed by atoms with van der Waals surface area (Å²) in [7, 11) is 0. The summed E-state index contributed by atoms with van der Waals surface area (Å²) in [4.78, 5) is 0. The molecule has 1 N–H and O–H groups in total. The lowest BCUT2D eigenvalue weighted by molar-refractivity contribution is 0.255. The molecule has 20 heavy (non-hydrogen) atoms. The predicted octanol–water partition coefficient (Wildman–Crippen LogP) is 4.32. The third-order valence-corrected chi connectivity index (χ3v) is 4.17. The molecule has 2 heteroatoms. The maximum atomic E-state index is 3.80. The highest BCUT2D eigenvalue weighted by Gasteiger charge is 2.33. The van der Waals surface area contributed by atoms with Gasteiger partial charge in [-0.25, -0.2) is 0 Å². The van der Waals surface area contributed by atoms with Crippen LogP contribution in [0.2, 0.25) is 0 Å². The number of halogens is 1. The third-order valence-electron chi connectivity index (χ3n) is 4.17. The van der Waals surface area contributed by atoms with Gasteiger partial charge in [-0.15, -0.1) is 12.4 Å². The van der Waals surface area contributed by atoms with Gasteiger partial charge in [0.1, 0.15) is 0 Å². The molecule has 106 valence electrons. The molecule has 1 saturated heterocycles. The van der Waals surface area contributed by atoms with Crippen molar-refractivity contribution in [1.82, 2.24) is 5.32 Å². The van der Waals surface area contributed by atoms with Crippen LogP contribution in [0.5, 0.6) is 0 Å². The molecular formula is C18H22ClN. The fourth-order valence-corrected chi connectivity index (χ4v) is 3.17. The van der Waals surface area contributed by atoms with E-state index >= 15 is 0 Å². The summed E-state index contributed by atoms with van der Waals surface area (Å²) < 4.78 is 0. The molecule has 1 aliphatic rings. The minimum Gasteiger partial charge on any atom is -0.307 e. The quantitative estimate of drug-likeness (QED) is 0.886. The van der Waals surface area contributed by atoms with Gasteiger partial charge in [0.2, 0.25) is 0 Å². The lowest BCUT2D eigenvalue weighted by Gasteiger charge is -2.39. The minimum absolute atomic E-state index is 0. The van der Waals surface area contributed by atoms with Crippen LogP contribution in [0.15, 0.2) is 60.7 Å². The van der Waals surface area contributed by atoms with Crippen molar-refractivity contribution >= 4 is 12.4 Å². The second-order valence-electron chi connectivity index (χ2n) is 5.49. The summed E-state index contributed by atoms with van der Waals surface area (Å²) >= 11 is 0. The summed E-state index contributed by atoms with van der Waals surface area (Å²) in [5.41, 5.74) is 2.97. The molecule has 1 atom stereocenters. The maximum Gasteiger partial charge on any atom is 0.0475 e. The summed E-state index contributed by atoms with van der Waals surface area (Å²) in [6, 6.07) is 21.8. The Morgan fingerprint density at radius 1 is 0.850 bits per heavy atom. The van der Waals surface area contributed by atoms with Crippen molar-refractivity contribution in [3.8, 4) is 0 Å².